The molecular weight excluding hydrogens is 295 g/mol. The first-order valence-corrected chi connectivity index (χ1v) is 7.27. The van der Waals surface area contributed by atoms with Gasteiger partial charge in [0.2, 0.25) is 0 Å². The Kier molecular flexibility index (Phi) is 4.76. The highest BCUT2D eigenvalue weighted by Gasteiger charge is 2.25. The number of hydrogen-bond acceptors (Lipinski definition) is 2. The average Bonchev–Trinajstić information content (AvgIpc) is 2.36. The summed E-state index contributed by atoms with van der Waals surface area (Å²) in [7, 11) is 0. The Morgan fingerprint density at radius 1 is 1.44 bits per heavy atom. The lowest BCUT2D eigenvalue weighted by Gasteiger charge is -2.37. The molecule has 0 spiro atoms. The maximum atomic E-state index is 13.3. The highest BCUT2D eigenvalue weighted by atomic mass is 79.9. The minimum atomic E-state index is -0.173. The van der Waals surface area contributed by atoms with Crippen molar-refractivity contribution in [3.63, 3.8) is 0 Å². The van der Waals surface area contributed by atoms with E-state index < -0.39 is 0 Å². The van der Waals surface area contributed by atoms with Crippen LogP contribution in [0, 0.1) is 11.7 Å². The maximum Gasteiger partial charge on any atom is 0.123 e. The Hall–Kier alpha value is -0.450. The highest BCUT2D eigenvalue weighted by molar-refractivity contribution is 9.10. The van der Waals surface area contributed by atoms with Crippen LogP contribution < -0.4 is 5.73 Å². The molecule has 0 bridgehead atoms. The van der Waals surface area contributed by atoms with Crippen LogP contribution in [-0.4, -0.2) is 24.0 Å². The van der Waals surface area contributed by atoms with Crippen molar-refractivity contribution in [2.75, 3.05) is 13.1 Å². The molecule has 1 fully saturated rings. The molecule has 0 aromatic heterocycles. The first-order valence-electron chi connectivity index (χ1n) is 6.48. The minimum absolute atomic E-state index is 0.173. The van der Waals surface area contributed by atoms with Gasteiger partial charge in [0.15, 0.2) is 0 Å². The van der Waals surface area contributed by atoms with E-state index in [-0.39, 0.29) is 5.82 Å². The average molecular weight is 315 g/mol. The molecule has 0 aliphatic carbocycles. The second kappa shape index (κ2) is 6.13. The first kappa shape index (κ1) is 14.0. The summed E-state index contributed by atoms with van der Waals surface area (Å²) in [5.41, 5.74) is 6.78. The number of hydrogen-bond donors (Lipinski definition) is 1. The van der Waals surface area contributed by atoms with Crippen molar-refractivity contribution in [2.24, 2.45) is 11.7 Å². The fourth-order valence-corrected chi connectivity index (χ4v) is 2.93. The predicted octanol–water partition coefficient (Wildman–Crippen LogP) is 3.15. The monoisotopic (exact) mass is 314 g/mol. The third-order valence-corrected chi connectivity index (χ3v) is 4.60. The summed E-state index contributed by atoms with van der Waals surface area (Å²) < 4.78 is 14.3. The molecule has 1 heterocycles. The van der Waals surface area contributed by atoms with Crippen LogP contribution in [0.1, 0.15) is 25.3 Å². The minimum Gasteiger partial charge on any atom is -0.330 e. The summed E-state index contributed by atoms with van der Waals surface area (Å²) >= 11 is 3.49. The number of benzene rings is 1. The van der Waals surface area contributed by atoms with Crippen LogP contribution in [0.3, 0.4) is 0 Å². The van der Waals surface area contributed by atoms with E-state index >= 15 is 0 Å². The van der Waals surface area contributed by atoms with Crippen molar-refractivity contribution in [2.45, 2.75) is 32.4 Å². The third kappa shape index (κ3) is 3.31. The van der Waals surface area contributed by atoms with Gasteiger partial charge < -0.3 is 5.73 Å². The molecule has 2 rings (SSSR count). The molecule has 4 heteroatoms. The van der Waals surface area contributed by atoms with Gasteiger partial charge in [-0.3, -0.25) is 4.90 Å². The van der Waals surface area contributed by atoms with Crippen molar-refractivity contribution >= 4 is 15.9 Å². The van der Waals surface area contributed by atoms with Crippen LogP contribution in [-0.2, 0) is 6.54 Å². The van der Waals surface area contributed by atoms with Crippen LogP contribution in [0.25, 0.3) is 0 Å². The zero-order valence-electron chi connectivity index (χ0n) is 10.7. The van der Waals surface area contributed by atoms with Gasteiger partial charge in [-0.15, -0.1) is 0 Å². The SMILES string of the molecule is CC1CCC(CN)CN1Cc1cc(F)ccc1Br. The van der Waals surface area contributed by atoms with Gasteiger partial charge in [0.25, 0.3) is 0 Å². The van der Waals surface area contributed by atoms with E-state index in [9.17, 15) is 4.39 Å². The van der Waals surface area contributed by atoms with Crippen molar-refractivity contribution in [1.29, 1.82) is 0 Å². The number of nitrogens with two attached hydrogens (primary N) is 1. The van der Waals surface area contributed by atoms with Crippen molar-refractivity contribution < 1.29 is 4.39 Å². The van der Waals surface area contributed by atoms with E-state index in [1.54, 1.807) is 12.1 Å². The van der Waals surface area contributed by atoms with Gasteiger partial charge in [0, 0.05) is 23.6 Å². The smallest absolute Gasteiger partial charge is 0.123 e. The molecule has 0 saturated carbocycles. The van der Waals surface area contributed by atoms with Crippen molar-refractivity contribution in [1.82, 2.24) is 4.90 Å². The lowest BCUT2D eigenvalue weighted by atomic mass is 9.93. The number of halogens is 2. The first-order chi connectivity index (χ1) is 8.60. The summed E-state index contributed by atoms with van der Waals surface area (Å²) in [4.78, 5) is 2.40. The second-order valence-electron chi connectivity index (χ2n) is 5.19. The zero-order valence-corrected chi connectivity index (χ0v) is 12.3. The summed E-state index contributed by atoms with van der Waals surface area (Å²) in [6, 6.07) is 5.42. The van der Waals surface area contributed by atoms with Crippen molar-refractivity contribution in [3.05, 3.63) is 34.1 Å². The van der Waals surface area contributed by atoms with E-state index in [0.717, 1.165) is 29.7 Å². The molecule has 2 N–H and O–H groups in total. The second-order valence-corrected chi connectivity index (χ2v) is 6.05. The molecule has 1 aliphatic rings. The van der Waals surface area contributed by atoms with Gasteiger partial charge >= 0.3 is 0 Å². The van der Waals surface area contributed by atoms with E-state index in [1.165, 1.54) is 18.9 Å². The molecule has 0 radical (unpaired) electrons. The summed E-state index contributed by atoms with van der Waals surface area (Å²) in [6.07, 6.45) is 2.38. The van der Waals surface area contributed by atoms with Crippen LogP contribution in [0.2, 0.25) is 0 Å². The largest absolute Gasteiger partial charge is 0.330 e. The van der Waals surface area contributed by atoms with Crippen LogP contribution in [0.15, 0.2) is 22.7 Å². The Labute approximate surface area is 116 Å². The number of likely N-dealkylation sites (tertiary alicyclic amines) is 1. The van der Waals surface area contributed by atoms with Crippen LogP contribution in [0.5, 0.6) is 0 Å². The molecule has 1 saturated heterocycles. The van der Waals surface area contributed by atoms with E-state index in [0.29, 0.717) is 12.0 Å². The molecule has 1 aliphatic heterocycles. The summed E-state index contributed by atoms with van der Waals surface area (Å²) in [5, 5.41) is 0. The third-order valence-electron chi connectivity index (χ3n) is 3.82. The van der Waals surface area contributed by atoms with Gasteiger partial charge in [-0.1, -0.05) is 15.9 Å². The van der Waals surface area contributed by atoms with Crippen LogP contribution >= 0.6 is 15.9 Å². The molecule has 2 nitrogen and oxygen atoms in total. The fourth-order valence-electron chi connectivity index (χ4n) is 2.56. The molecule has 1 aromatic carbocycles. The topological polar surface area (TPSA) is 29.3 Å². The van der Waals surface area contributed by atoms with Crippen LogP contribution in [0.4, 0.5) is 4.39 Å². The summed E-state index contributed by atoms with van der Waals surface area (Å²) in [6.45, 7) is 4.78. The Bertz CT molecular complexity index is 411. The van der Waals surface area contributed by atoms with Gasteiger partial charge in [0.05, 0.1) is 0 Å². The van der Waals surface area contributed by atoms with E-state index in [2.05, 4.69) is 27.8 Å². The van der Waals surface area contributed by atoms with Gasteiger partial charge in [-0.2, -0.15) is 0 Å². The van der Waals surface area contributed by atoms with Gasteiger partial charge in [-0.05, 0) is 56.0 Å². The molecule has 2 unspecified atom stereocenters. The quantitative estimate of drug-likeness (QED) is 0.928. The molecule has 100 valence electrons. The molecule has 18 heavy (non-hydrogen) atoms. The normalized spacial score (nSPS) is 25.3. The lowest BCUT2D eigenvalue weighted by molar-refractivity contribution is 0.113. The molecule has 0 amide bonds. The predicted molar refractivity (Wildman–Crippen MR) is 75.8 cm³/mol. The van der Waals surface area contributed by atoms with E-state index in [1.807, 2.05) is 0 Å². The lowest BCUT2D eigenvalue weighted by Crippen LogP contribution is -2.43. The van der Waals surface area contributed by atoms with Crippen molar-refractivity contribution in [3.8, 4) is 0 Å². The molecule has 1 aromatic rings. The number of rotatable bonds is 3. The summed E-state index contributed by atoms with van der Waals surface area (Å²) in [5.74, 6) is 0.404. The zero-order chi connectivity index (χ0) is 13.1. The maximum absolute atomic E-state index is 13.3. The number of piperidine rings is 1. The Morgan fingerprint density at radius 3 is 2.94 bits per heavy atom. The van der Waals surface area contributed by atoms with E-state index in [4.69, 9.17) is 5.73 Å². The fraction of sp³-hybridized carbons (Fsp3) is 0.571. The standard InChI is InChI=1S/C14H20BrFN2/c1-10-2-3-11(7-17)8-18(10)9-12-6-13(16)4-5-14(12)15/h4-6,10-11H,2-3,7-9,17H2,1H3. The van der Waals surface area contributed by atoms with Gasteiger partial charge in [0.1, 0.15) is 5.82 Å². The molecular formula is C14H20BrFN2. The Morgan fingerprint density at radius 2 is 2.22 bits per heavy atom. The molecule has 2 atom stereocenters. The highest BCUT2D eigenvalue weighted by Crippen LogP contribution is 2.26. The Balaban J connectivity index is 2.09. The van der Waals surface area contributed by atoms with Gasteiger partial charge in [-0.25, -0.2) is 4.39 Å². The number of nitrogens with zero attached hydrogens (tertiary/aromatic N) is 1.